The molecule has 4 atom stereocenters. The van der Waals surface area contributed by atoms with E-state index in [4.69, 9.17) is 0 Å². The van der Waals surface area contributed by atoms with Crippen LogP contribution in [0.15, 0.2) is 0 Å². The van der Waals surface area contributed by atoms with E-state index in [1.165, 1.54) is 0 Å². The molecule has 0 aromatic rings. The van der Waals surface area contributed by atoms with Gasteiger partial charge < -0.3 is 18.9 Å². The molecular formula is C18H18F16O4. The summed E-state index contributed by atoms with van der Waals surface area (Å²) in [5, 5.41) is 0. The highest BCUT2D eigenvalue weighted by Crippen LogP contribution is 2.58. The summed E-state index contributed by atoms with van der Waals surface area (Å²) in [5.41, 5.74) is -12.3. The molecule has 0 N–H and O–H groups in total. The average molecular weight is 602 g/mol. The lowest BCUT2D eigenvalue weighted by atomic mass is 9.90. The topological polar surface area (TPSA) is 36.9 Å². The summed E-state index contributed by atoms with van der Waals surface area (Å²) in [6.45, 7) is -2.60. The number of rotatable bonds is 8. The highest BCUT2D eigenvalue weighted by Gasteiger charge is 2.84. The minimum absolute atomic E-state index is 0.828. The van der Waals surface area contributed by atoms with Crippen molar-refractivity contribution in [2.75, 3.05) is 13.2 Å². The highest BCUT2D eigenvalue weighted by molar-refractivity contribution is 5.08. The second-order valence-electron chi connectivity index (χ2n) is 8.39. The first-order valence-electron chi connectivity index (χ1n) is 10.5. The number of alkyl halides is 16. The molecule has 38 heavy (non-hydrogen) atoms. The lowest BCUT2D eigenvalue weighted by Gasteiger charge is -2.43. The van der Waals surface area contributed by atoms with Gasteiger partial charge in [-0.15, -0.1) is 0 Å². The standard InChI is InChI=1S/C18H18F16O4/c19-10-4-6-11(38-10,14(22,17(29,30)31)18(32,33)34)35-7-2-8-36-12(20)5-1-3-9(37-12)13(21,15(23,24)25)16(26,27)28/h9-10H,1-8H2. The van der Waals surface area contributed by atoms with Gasteiger partial charge in [0.15, 0.2) is 0 Å². The van der Waals surface area contributed by atoms with E-state index in [1.807, 2.05) is 0 Å². The monoisotopic (exact) mass is 602 g/mol. The molecule has 2 fully saturated rings. The molecule has 2 aliphatic rings. The Morgan fingerprint density at radius 2 is 1.16 bits per heavy atom. The summed E-state index contributed by atoms with van der Waals surface area (Å²) in [7, 11) is 0. The van der Waals surface area contributed by atoms with Crippen LogP contribution in [0.25, 0.3) is 0 Å². The number of hydrogen-bond donors (Lipinski definition) is 0. The van der Waals surface area contributed by atoms with E-state index in [0.717, 1.165) is 0 Å². The molecule has 0 spiro atoms. The maximum atomic E-state index is 14.7. The summed E-state index contributed by atoms with van der Waals surface area (Å²) in [5.74, 6) is -4.28. The van der Waals surface area contributed by atoms with Crippen molar-refractivity contribution in [2.24, 2.45) is 0 Å². The van der Waals surface area contributed by atoms with Crippen molar-refractivity contribution in [3.8, 4) is 0 Å². The van der Waals surface area contributed by atoms with Gasteiger partial charge in [0.2, 0.25) is 12.1 Å². The van der Waals surface area contributed by atoms with Crippen molar-refractivity contribution in [3.05, 3.63) is 0 Å². The molecule has 0 bridgehead atoms. The summed E-state index contributed by atoms with van der Waals surface area (Å²) >= 11 is 0. The Balaban J connectivity index is 2.10. The van der Waals surface area contributed by atoms with Gasteiger partial charge in [0.05, 0.1) is 13.2 Å². The minimum Gasteiger partial charge on any atom is -0.346 e. The Bertz CT molecular complexity index is 780. The van der Waals surface area contributed by atoms with Gasteiger partial charge in [0, 0.05) is 19.3 Å². The van der Waals surface area contributed by atoms with Gasteiger partial charge in [-0.05, 0) is 19.3 Å². The van der Waals surface area contributed by atoms with Crippen LogP contribution in [0.5, 0.6) is 0 Å². The van der Waals surface area contributed by atoms with Gasteiger partial charge in [-0.3, -0.25) is 0 Å². The van der Waals surface area contributed by atoms with E-state index in [0.29, 0.717) is 0 Å². The largest absolute Gasteiger partial charge is 0.437 e. The molecule has 226 valence electrons. The fourth-order valence-electron chi connectivity index (χ4n) is 3.94. The van der Waals surface area contributed by atoms with Crippen LogP contribution in [-0.2, 0) is 18.9 Å². The zero-order chi connectivity index (χ0) is 29.6. The van der Waals surface area contributed by atoms with Gasteiger partial charge >= 0.3 is 42.1 Å². The molecule has 4 nitrogen and oxygen atoms in total. The van der Waals surface area contributed by atoms with Crippen molar-refractivity contribution in [1.82, 2.24) is 0 Å². The second kappa shape index (κ2) is 10.3. The normalized spacial score (nSPS) is 30.6. The first kappa shape index (κ1) is 32.9. The van der Waals surface area contributed by atoms with E-state index < -0.39 is 112 Å². The smallest absolute Gasteiger partial charge is 0.346 e. The number of halogens is 16. The van der Waals surface area contributed by atoms with Crippen molar-refractivity contribution in [3.63, 3.8) is 0 Å². The van der Waals surface area contributed by atoms with Gasteiger partial charge in [0.25, 0.3) is 0 Å². The predicted octanol–water partition coefficient (Wildman–Crippen LogP) is 7.07. The SMILES string of the molecule is FC1CCC(OCCCOC2(F)CCCC(C(F)(C(F)(F)F)C(F)(F)F)O2)(C(F)(C(F)(F)F)C(F)(F)F)O1. The fourth-order valence-corrected chi connectivity index (χ4v) is 3.94. The predicted molar refractivity (Wildman–Crippen MR) is 88.9 cm³/mol. The molecule has 2 heterocycles. The molecule has 0 radical (unpaired) electrons. The van der Waals surface area contributed by atoms with Crippen molar-refractivity contribution in [2.45, 2.75) is 98.9 Å². The van der Waals surface area contributed by atoms with Crippen molar-refractivity contribution in [1.29, 1.82) is 0 Å². The van der Waals surface area contributed by atoms with Gasteiger partial charge in [-0.2, -0.15) is 57.1 Å². The van der Waals surface area contributed by atoms with Crippen LogP contribution in [-0.4, -0.2) is 73.5 Å². The molecule has 2 aliphatic heterocycles. The lowest BCUT2D eigenvalue weighted by Crippen LogP contribution is -2.69. The molecule has 4 unspecified atom stereocenters. The minimum atomic E-state index is -6.73. The van der Waals surface area contributed by atoms with Gasteiger partial charge in [0.1, 0.15) is 6.10 Å². The molecule has 0 amide bonds. The number of hydrogen-bond acceptors (Lipinski definition) is 4. The Labute approximate surface area is 202 Å². The van der Waals surface area contributed by atoms with E-state index in [-0.39, 0.29) is 0 Å². The van der Waals surface area contributed by atoms with Crippen LogP contribution < -0.4 is 0 Å². The van der Waals surface area contributed by atoms with Crippen molar-refractivity contribution < 1.29 is 89.2 Å². The Hall–Kier alpha value is -1.28. The summed E-state index contributed by atoms with van der Waals surface area (Å²) in [6, 6.07) is -3.79. The van der Waals surface area contributed by atoms with Crippen LogP contribution in [0, 0.1) is 0 Å². The first-order valence-corrected chi connectivity index (χ1v) is 10.5. The highest BCUT2D eigenvalue weighted by atomic mass is 19.4. The van der Waals surface area contributed by atoms with Gasteiger partial charge in [-0.1, -0.05) is 0 Å². The molecule has 2 saturated heterocycles. The first-order chi connectivity index (χ1) is 16.9. The van der Waals surface area contributed by atoms with E-state index >= 15 is 0 Å². The quantitative estimate of drug-likeness (QED) is 0.220. The molecule has 20 heteroatoms. The lowest BCUT2D eigenvalue weighted by molar-refractivity contribution is -0.440. The van der Waals surface area contributed by atoms with Gasteiger partial charge in [-0.25, -0.2) is 13.2 Å². The van der Waals surface area contributed by atoms with E-state index in [9.17, 15) is 70.2 Å². The van der Waals surface area contributed by atoms with Crippen molar-refractivity contribution >= 4 is 0 Å². The third-order valence-corrected chi connectivity index (χ3v) is 5.79. The Morgan fingerprint density at radius 1 is 0.658 bits per heavy atom. The molecular weight excluding hydrogens is 584 g/mol. The second-order valence-corrected chi connectivity index (χ2v) is 8.39. The van der Waals surface area contributed by atoms with Crippen LogP contribution in [0.4, 0.5) is 70.2 Å². The zero-order valence-corrected chi connectivity index (χ0v) is 18.5. The number of ether oxygens (including phenoxy) is 4. The maximum Gasteiger partial charge on any atom is 0.437 e. The van der Waals surface area contributed by atoms with Crippen LogP contribution >= 0.6 is 0 Å². The molecule has 0 saturated carbocycles. The fraction of sp³-hybridized carbons (Fsp3) is 1.00. The van der Waals surface area contributed by atoms with Crippen LogP contribution in [0.3, 0.4) is 0 Å². The van der Waals surface area contributed by atoms with Crippen LogP contribution in [0.1, 0.15) is 38.5 Å². The Kier molecular flexibility index (Phi) is 8.91. The third kappa shape index (κ3) is 5.77. The Morgan fingerprint density at radius 3 is 1.58 bits per heavy atom. The summed E-state index contributed by atoms with van der Waals surface area (Å²) < 4.78 is 229. The van der Waals surface area contributed by atoms with E-state index in [2.05, 4.69) is 18.9 Å². The van der Waals surface area contributed by atoms with E-state index in [1.54, 1.807) is 0 Å². The van der Waals surface area contributed by atoms with Crippen LogP contribution in [0.2, 0.25) is 0 Å². The molecule has 2 rings (SSSR count). The summed E-state index contributed by atoms with van der Waals surface area (Å²) in [4.78, 5) is 0. The average Bonchev–Trinajstić information content (AvgIpc) is 3.10. The maximum absolute atomic E-state index is 14.7. The zero-order valence-electron chi connectivity index (χ0n) is 18.5. The summed E-state index contributed by atoms with van der Waals surface area (Å²) in [6.07, 6.45) is -39.8. The molecule has 0 aromatic heterocycles. The third-order valence-electron chi connectivity index (χ3n) is 5.79. The molecule has 0 aromatic carbocycles. The molecule has 0 aliphatic carbocycles.